The fraction of sp³-hybridized carbons (Fsp3) is 0.324. The van der Waals surface area contributed by atoms with Crippen LogP contribution in [0.15, 0.2) is 85.5 Å². The third-order valence-electron chi connectivity index (χ3n) is 8.62. The van der Waals surface area contributed by atoms with Crippen molar-refractivity contribution in [2.75, 3.05) is 25.5 Å². The van der Waals surface area contributed by atoms with Crippen molar-refractivity contribution in [3.8, 4) is 16.9 Å². The van der Waals surface area contributed by atoms with Gasteiger partial charge in [-0.3, -0.25) is 4.79 Å². The maximum Gasteiger partial charge on any atom is 0.338 e. The predicted molar refractivity (Wildman–Crippen MR) is 189 cm³/mol. The molecule has 0 spiro atoms. The zero-order valence-corrected chi connectivity index (χ0v) is 27.9. The van der Waals surface area contributed by atoms with E-state index in [1.54, 1.807) is 24.3 Å². The van der Waals surface area contributed by atoms with Gasteiger partial charge < -0.3 is 25.4 Å². The highest BCUT2D eigenvalue weighted by molar-refractivity contribution is 8.00. The second kappa shape index (κ2) is 15.9. The van der Waals surface area contributed by atoms with Gasteiger partial charge in [-0.15, -0.1) is 0 Å². The number of fused-ring (bicyclic) bond motifs is 2. The summed E-state index contributed by atoms with van der Waals surface area (Å²) < 4.78 is 12.4. The largest absolute Gasteiger partial charge is 0.462 e. The van der Waals surface area contributed by atoms with Crippen molar-refractivity contribution >= 4 is 46.5 Å². The Labute approximate surface area is 288 Å². The Hall–Kier alpha value is -5.10. The highest BCUT2D eigenvalue weighted by Gasteiger charge is 2.42. The highest BCUT2D eigenvalue weighted by atomic mass is 32.2. The average molecular weight is 682 g/mol. The van der Waals surface area contributed by atoms with Gasteiger partial charge >= 0.3 is 18.0 Å². The Morgan fingerprint density at radius 1 is 0.939 bits per heavy atom. The molecule has 11 nitrogen and oxygen atoms in total. The second-order valence-corrected chi connectivity index (χ2v) is 13.3. The minimum atomic E-state index is -0.434. The fourth-order valence-electron chi connectivity index (χ4n) is 6.11. The van der Waals surface area contributed by atoms with E-state index in [1.807, 2.05) is 65.0 Å². The SMILES string of the molecule is C=CCOC(=O)c1ccc(-c2nn(-c3ccc(C(=O)OCCCNC(=O)CCCCC4SCC5NC(=O)NC54)cc3)c3ccccc23)cc1. The molecule has 6 rings (SSSR count). The molecule has 3 amide bonds. The summed E-state index contributed by atoms with van der Waals surface area (Å²) in [6.45, 7) is 4.34. The van der Waals surface area contributed by atoms with Crippen LogP contribution in [-0.2, 0) is 14.3 Å². The molecular weight excluding hydrogens is 643 g/mol. The number of benzene rings is 3. The summed E-state index contributed by atoms with van der Waals surface area (Å²) >= 11 is 1.88. The zero-order chi connectivity index (χ0) is 34.2. The summed E-state index contributed by atoms with van der Waals surface area (Å²) in [7, 11) is 0. The minimum Gasteiger partial charge on any atom is -0.462 e. The van der Waals surface area contributed by atoms with Gasteiger partial charge in [0.15, 0.2) is 0 Å². The maximum atomic E-state index is 12.7. The van der Waals surface area contributed by atoms with Crippen molar-refractivity contribution in [2.24, 2.45) is 0 Å². The van der Waals surface area contributed by atoms with Crippen LogP contribution >= 0.6 is 11.8 Å². The Bertz CT molecular complexity index is 1820. The number of hydrogen-bond acceptors (Lipinski definition) is 8. The number of nitrogens with zero attached hydrogens (tertiary/aromatic N) is 2. The molecule has 2 aliphatic rings. The van der Waals surface area contributed by atoms with E-state index in [0.29, 0.717) is 35.8 Å². The van der Waals surface area contributed by atoms with Gasteiger partial charge in [0.1, 0.15) is 12.3 Å². The van der Waals surface area contributed by atoms with Crippen molar-refractivity contribution in [1.82, 2.24) is 25.7 Å². The molecule has 3 atom stereocenters. The molecule has 49 heavy (non-hydrogen) atoms. The molecule has 3 unspecified atom stereocenters. The summed E-state index contributed by atoms with van der Waals surface area (Å²) in [5.74, 6) is 0.0776. The lowest BCUT2D eigenvalue weighted by atomic mass is 10.0. The molecule has 0 aliphatic carbocycles. The summed E-state index contributed by atoms with van der Waals surface area (Å²) in [6.07, 6.45) is 5.20. The number of unbranched alkanes of at least 4 members (excludes halogenated alkanes) is 1. The summed E-state index contributed by atoms with van der Waals surface area (Å²) in [4.78, 5) is 48.7. The Balaban J connectivity index is 0.950. The number of amides is 3. The molecular formula is C37H39N5O6S. The lowest BCUT2D eigenvalue weighted by Crippen LogP contribution is -2.36. The number of rotatable bonds is 15. The number of ether oxygens (including phenoxy) is 2. The van der Waals surface area contributed by atoms with Crippen molar-refractivity contribution in [3.63, 3.8) is 0 Å². The van der Waals surface area contributed by atoms with Crippen LogP contribution in [0.4, 0.5) is 4.79 Å². The lowest BCUT2D eigenvalue weighted by molar-refractivity contribution is -0.121. The van der Waals surface area contributed by atoms with Crippen LogP contribution in [0.5, 0.6) is 0 Å². The Morgan fingerprint density at radius 3 is 2.45 bits per heavy atom. The Kier molecular flexibility index (Phi) is 10.9. The zero-order valence-electron chi connectivity index (χ0n) is 27.1. The number of carbonyl (C=O) groups excluding carboxylic acids is 4. The van der Waals surface area contributed by atoms with Crippen molar-refractivity contribution in [2.45, 2.75) is 49.4 Å². The molecule has 3 N–H and O–H groups in total. The van der Waals surface area contributed by atoms with Crippen LogP contribution in [0, 0.1) is 0 Å². The van der Waals surface area contributed by atoms with Crippen LogP contribution in [0.25, 0.3) is 27.8 Å². The maximum absolute atomic E-state index is 12.7. The third kappa shape index (κ3) is 8.14. The summed E-state index contributed by atoms with van der Waals surface area (Å²) in [5, 5.41) is 15.1. The van der Waals surface area contributed by atoms with E-state index in [4.69, 9.17) is 14.6 Å². The number of thioether (sulfide) groups is 1. The molecule has 3 heterocycles. The smallest absolute Gasteiger partial charge is 0.338 e. The molecule has 12 heteroatoms. The van der Waals surface area contributed by atoms with E-state index in [9.17, 15) is 19.2 Å². The molecule has 4 aromatic rings. The first-order valence-electron chi connectivity index (χ1n) is 16.5. The number of esters is 2. The van der Waals surface area contributed by atoms with Crippen LogP contribution in [0.2, 0.25) is 0 Å². The topological polar surface area (TPSA) is 141 Å². The molecule has 2 aliphatic heterocycles. The molecule has 2 fully saturated rings. The van der Waals surface area contributed by atoms with Gasteiger partial charge in [0, 0.05) is 34.9 Å². The minimum absolute atomic E-state index is 0.00928. The first-order chi connectivity index (χ1) is 23.9. The standard InChI is InChI=1S/C37H39N5O6S/c1-2-21-47-35(44)25-14-12-24(13-15-25)33-28-8-3-4-9-30(28)42(41-33)27-18-16-26(17-19-27)36(45)48-22-7-20-38-32(43)11-6-5-10-31-34-29(23-49-31)39-37(46)40-34/h2-4,8-9,12-19,29,31,34H,1,5-7,10-11,20-23H2,(H,38,43)(H2,39,40,46). The van der Waals surface area contributed by atoms with Crippen LogP contribution < -0.4 is 16.0 Å². The van der Waals surface area contributed by atoms with Gasteiger partial charge in [-0.2, -0.15) is 16.9 Å². The summed E-state index contributed by atoms with van der Waals surface area (Å²) in [5.41, 5.74) is 4.15. The van der Waals surface area contributed by atoms with E-state index in [1.165, 1.54) is 6.08 Å². The molecule has 0 saturated carbocycles. The van der Waals surface area contributed by atoms with E-state index >= 15 is 0 Å². The van der Waals surface area contributed by atoms with E-state index in [0.717, 1.165) is 52.9 Å². The molecule has 1 aromatic heterocycles. The predicted octanol–water partition coefficient (Wildman–Crippen LogP) is 5.42. The van der Waals surface area contributed by atoms with Gasteiger partial charge in [-0.25, -0.2) is 19.1 Å². The third-order valence-corrected chi connectivity index (χ3v) is 10.1. The number of para-hydroxylation sites is 1. The van der Waals surface area contributed by atoms with Gasteiger partial charge in [0.25, 0.3) is 0 Å². The summed E-state index contributed by atoms with van der Waals surface area (Å²) in [6, 6.07) is 22.4. The Morgan fingerprint density at radius 2 is 1.67 bits per heavy atom. The number of nitrogens with one attached hydrogen (secondary N) is 3. The quantitative estimate of drug-likeness (QED) is 0.0654. The van der Waals surface area contributed by atoms with Gasteiger partial charge in [0.05, 0.1) is 41.0 Å². The number of hydrogen-bond donors (Lipinski definition) is 3. The molecule has 0 bridgehead atoms. The number of urea groups is 1. The fourth-order valence-corrected chi connectivity index (χ4v) is 7.65. The van der Waals surface area contributed by atoms with E-state index < -0.39 is 11.9 Å². The second-order valence-electron chi connectivity index (χ2n) is 12.0. The van der Waals surface area contributed by atoms with Crippen molar-refractivity contribution < 1.29 is 28.7 Å². The normalized spacial score (nSPS) is 18.0. The van der Waals surface area contributed by atoms with Crippen LogP contribution in [0.1, 0.15) is 52.8 Å². The van der Waals surface area contributed by atoms with Crippen molar-refractivity contribution in [1.29, 1.82) is 0 Å². The average Bonchev–Trinajstić information content (AvgIpc) is 3.81. The molecule has 3 aromatic carbocycles. The van der Waals surface area contributed by atoms with Crippen LogP contribution in [-0.4, -0.2) is 76.5 Å². The van der Waals surface area contributed by atoms with E-state index in [-0.39, 0.29) is 37.2 Å². The highest BCUT2D eigenvalue weighted by Crippen LogP contribution is 2.33. The van der Waals surface area contributed by atoms with Crippen molar-refractivity contribution in [3.05, 3.63) is 96.6 Å². The monoisotopic (exact) mass is 681 g/mol. The number of aromatic nitrogens is 2. The van der Waals surface area contributed by atoms with Gasteiger partial charge in [-0.1, -0.05) is 49.4 Å². The van der Waals surface area contributed by atoms with Gasteiger partial charge in [-0.05, 0) is 61.7 Å². The van der Waals surface area contributed by atoms with Crippen LogP contribution in [0.3, 0.4) is 0 Å². The molecule has 254 valence electrons. The molecule has 0 radical (unpaired) electrons. The molecule has 2 saturated heterocycles. The number of carbonyl (C=O) groups is 4. The van der Waals surface area contributed by atoms with Gasteiger partial charge in [0.2, 0.25) is 5.91 Å². The lowest BCUT2D eigenvalue weighted by Gasteiger charge is -2.16. The first-order valence-corrected chi connectivity index (χ1v) is 17.6. The first kappa shape index (κ1) is 33.8. The van der Waals surface area contributed by atoms with E-state index in [2.05, 4.69) is 22.5 Å².